The number of hydrogen-bond acceptors (Lipinski definition) is 1. The van der Waals surface area contributed by atoms with Crippen LogP contribution in [0.3, 0.4) is 0 Å². The Hall–Kier alpha value is 1.16. The van der Waals surface area contributed by atoms with E-state index < -0.39 is 0 Å². The van der Waals surface area contributed by atoms with Crippen LogP contribution in [0, 0.1) is 19.8 Å². The molecule has 1 aliphatic rings. The predicted octanol–water partition coefficient (Wildman–Crippen LogP) is -0.848. The van der Waals surface area contributed by atoms with Gasteiger partial charge in [0.05, 0.1) is 0 Å². The maximum Gasteiger partial charge on any atom is 1.00 e. The van der Waals surface area contributed by atoms with Crippen LogP contribution in [0.5, 0.6) is 0 Å². The molecule has 0 spiro atoms. The zero-order valence-corrected chi connectivity index (χ0v) is 12.1. The zero-order valence-electron chi connectivity index (χ0n) is 8.98. The van der Waals surface area contributed by atoms with Gasteiger partial charge in [-0.15, -0.1) is 0 Å². The molecule has 0 aromatic carbocycles. The topological polar surface area (TPSA) is 3.24 Å². The largest absolute Gasteiger partial charge is 1.00 e. The van der Waals surface area contributed by atoms with Crippen molar-refractivity contribution in [3.8, 4) is 5.92 Å². The van der Waals surface area contributed by atoms with Crippen molar-refractivity contribution in [1.29, 1.82) is 0 Å². The SMILES string of the molecule is CC.[C-]#CCN1CCCC1.[CH3-].[K+]. The first-order chi connectivity index (χ1) is 4.93. The molecule has 1 fully saturated rings. The predicted molar refractivity (Wildman–Crippen MR) is 50.6 cm³/mol. The molecule has 1 nitrogen and oxygen atoms in total. The second kappa shape index (κ2) is 14.7. The summed E-state index contributed by atoms with van der Waals surface area (Å²) in [7, 11) is 0. The molecular formula is C10H19KN-. The van der Waals surface area contributed by atoms with E-state index in [2.05, 4.69) is 10.8 Å². The summed E-state index contributed by atoms with van der Waals surface area (Å²) < 4.78 is 0. The van der Waals surface area contributed by atoms with Crippen molar-refractivity contribution in [2.45, 2.75) is 26.7 Å². The summed E-state index contributed by atoms with van der Waals surface area (Å²) in [5, 5.41) is 0. The molecule has 0 saturated carbocycles. The van der Waals surface area contributed by atoms with Gasteiger partial charge in [0, 0.05) is 6.54 Å². The summed E-state index contributed by atoms with van der Waals surface area (Å²) in [6, 6.07) is 0. The molecule has 0 N–H and O–H groups in total. The minimum absolute atomic E-state index is 0. The molecule has 1 aliphatic heterocycles. The molecule has 0 atom stereocenters. The Morgan fingerprint density at radius 1 is 1.25 bits per heavy atom. The maximum atomic E-state index is 6.68. The average Bonchev–Trinajstić information content (AvgIpc) is 2.46. The van der Waals surface area contributed by atoms with Crippen LogP contribution in [-0.2, 0) is 0 Å². The Morgan fingerprint density at radius 2 is 1.67 bits per heavy atom. The molecule has 0 aromatic rings. The van der Waals surface area contributed by atoms with E-state index >= 15 is 0 Å². The van der Waals surface area contributed by atoms with Gasteiger partial charge in [0.15, 0.2) is 0 Å². The van der Waals surface area contributed by atoms with Gasteiger partial charge in [-0.2, -0.15) is 0 Å². The minimum Gasteiger partial charge on any atom is -0.692 e. The van der Waals surface area contributed by atoms with E-state index in [0.29, 0.717) is 0 Å². The molecule has 0 unspecified atom stereocenters. The Kier molecular flexibility index (Phi) is 23.0. The van der Waals surface area contributed by atoms with Gasteiger partial charge < -0.3 is 19.8 Å². The van der Waals surface area contributed by atoms with E-state index in [0.717, 1.165) is 6.54 Å². The Morgan fingerprint density at radius 3 is 2.00 bits per heavy atom. The van der Waals surface area contributed by atoms with Crippen LogP contribution in [0.15, 0.2) is 0 Å². The van der Waals surface area contributed by atoms with Gasteiger partial charge in [-0.05, 0) is 25.9 Å². The van der Waals surface area contributed by atoms with Crippen molar-refractivity contribution in [3.05, 3.63) is 13.9 Å². The summed E-state index contributed by atoms with van der Waals surface area (Å²) in [6.07, 6.45) is 9.29. The van der Waals surface area contributed by atoms with E-state index in [1.165, 1.54) is 25.9 Å². The Labute approximate surface area is 121 Å². The molecule has 1 heterocycles. The van der Waals surface area contributed by atoms with Crippen LogP contribution in [0.2, 0.25) is 0 Å². The molecular weight excluding hydrogens is 173 g/mol. The van der Waals surface area contributed by atoms with Crippen LogP contribution in [-0.4, -0.2) is 24.5 Å². The second-order valence-electron chi connectivity index (χ2n) is 2.16. The number of likely N-dealkylation sites (tertiary alicyclic amines) is 1. The van der Waals surface area contributed by atoms with Crippen molar-refractivity contribution in [1.82, 2.24) is 4.90 Å². The Balaban J connectivity index is -0.000000189. The summed E-state index contributed by atoms with van der Waals surface area (Å²) in [6.45, 7) is 7.08. The number of nitrogens with zero attached hydrogens (tertiary/aromatic N) is 1. The van der Waals surface area contributed by atoms with Crippen LogP contribution < -0.4 is 51.4 Å². The van der Waals surface area contributed by atoms with Gasteiger partial charge in [-0.1, -0.05) is 13.8 Å². The Bertz CT molecular complexity index is 101. The van der Waals surface area contributed by atoms with Crippen molar-refractivity contribution in [2.24, 2.45) is 0 Å². The molecule has 0 radical (unpaired) electrons. The maximum absolute atomic E-state index is 6.68. The van der Waals surface area contributed by atoms with E-state index in [-0.39, 0.29) is 58.8 Å². The molecule has 1 rings (SSSR count). The fraction of sp³-hybridized carbons (Fsp3) is 0.700. The normalized spacial score (nSPS) is 14.4. The molecule has 0 aromatic heterocycles. The molecule has 1 saturated heterocycles. The van der Waals surface area contributed by atoms with E-state index in [1.54, 1.807) is 0 Å². The van der Waals surface area contributed by atoms with Gasteiger partial charge in [0.1, 0.15) is 0 Å². The van der Waals surface area contributed by atoms with Gasteiger partial charge in [0.25, 0.3) is 0 Å². The van der Waals surface area contributed by atoms with Crippen molar-refractivity contribution >= 4 is 0 Å². The van der Waals surface area contributed by atoms with E-state index in [1.807, 2.05) is 13.8 Å². The van der Waals surface area contributed by atoms with E-state index in [9.17, 15) is 0 Å². The van der Waals surface area contributed by atoms with Gasteiger partial charge in [-0.3, -0.25) is 4.90 Å². The van der Waals surface area contributed by atoms with Crippen molar-refractivity contribution < 1.29 is 51.4 Å². The first kappa shape index (κ1) is 18.8. The standard InChI is InChI=1S/C7H10N.C2H6.CH3.K/c1-2-5-8-6-3-4-7-8;1-2;;/h3-7H2;1-2H3;1H3;/q-1;;-1;+1. The van der Waals surface area contributed by atoms with Crippen LogP contribution >= 0.6 is 0 Å². The van der Waals surface area contributed by atoms with Crippen LogP contribution in [0.1, 0.15) is 26.7 Å². The number of rotatable bonds is 1. The zero-order chi connectivity index (χ0) is 7.82. The van der Waals surface area contributed by atoms with Gasteiger partial charge in [0.2, 0.25) is 0 Å². The smallest absolute Gasteiger partial charge is 0.692 e. The van der Waals surface area contributed by atoms with Gasteiger partial charge >= 0.3 is 51.4 Å². The monoisotopic (exact) mass is 192 g/mol. The molecule has 0 aliphatic carbocycles. The average molecular weight is 192 g/mol. The quantitative estimate of drug-likeness (QED) is 0.297. The summed E-state index contributed by atoms with van der Waals surface area (Å²) in [5.74, 6) is 2.39. The van der Waals surface area contributed by atoms with Crippen LogP contribution in [0.4, 0.5) is 0 Å². The van der Waals surface area contributed by atoms with Gasteiger partial charge in [-0.25, -0.2) is 0 Å². The minimum atomic E-state index is 0. The fourth-order valence-corrected chi connectivity index (χ4v) is 1.05. The number of hydrogen-bond donors (Lipinski definition) is 0. The second-order valence-corrected chi connectivity index (χ2v) is 2.16. The third-order valence-electron chi connectivity index (χ3n) is 1.50. The third kappa shape index (κ3) is 9.25. The molecule has 0 bridgehead atoms. The molecule has 2 heteroatoms. The van der Waals surface area contributed by atoms with Crippen LogP contribution in [0.25, 0.3) is 0 Å². The first-order valence-corrected chi connectivity index (χ1v) is 4.05. The summed E-state index contributed by atoms with van der Waals surface area (Å²) in [4.78, 5) is 2.24. The summed E-state index contributed by atoms with van der Waals surface area (Å²) in [5.41, 5.74) is 0. The molecule has 0 amide bonds. The van der Waals surface area contributed by atoms with E-state index in [4.69, 9.17) is 6.42 Å². The van der Waals surface area contributed by atoms with Crippen molar-refractivity contribution in [3.63, 3.8) is 0 Å². The van der Waals surface area contributed by atoms with Crippen molar-refractivity contribution in [2.75, 3.05) is 19.6 Å². The third-order valence-corrected chi connectivity index (χ3v) is 1.50. The summed E-state index contributed by atoms with van der Waals surface area (Å²) >= 11 is 0. The molecule has 12 heavy (non-hydrogen) atoms. The first-order valence-electron chi connectivity index (χ1n) is 4.05. The molecule has 66 valence electrons. The fourth-order valence-electron chi connectivity index (χ4n) is 1.05.